The normalized spacial score (nSPS) is 11.0. The third kappa shape index (κ3) is 13.1. The number of aryl methyl sites for hydroxylation is 1. The lowest BCUT2D eigenvalue weighted by molar-refractivity contribution is -0.241. The van der Waals surface area contributed by atoms with E-state index in [9.17, 15) is 4.79 Å². The highest BCUT2D eigenvalue weighted by atomic mass is 17.2. The number of unbranched alkanes of at least 4 members (excludes halogenated alkanes) is 15. The number of carbonyl (C=O) groups excluding carboxylic acids is 1. The van der Waals surface area contributed by atoms with Crippen LogP contribution in [-0.4, -0.2) is 12.6 Å². The zero-order valence-electron chi connectivity index (χ0n) is 20.0. The van der Waals surface area contributed by atoms with Crippen molar-refractivity contribution >= 4 is 5.97 Å². The molecule has 3 nitrogen and oxygen atoms in total. The summed E-state index contributed by atoms with van der Waals surface area (Å²) in [5, 5.41) is 0. The molecule has 0 fully saturated rings. The monoisotopic (exact) mass is 418 g/mol. The predicted molar refractivity (Wildman–Crippen MR) is 127 cm³/mol. The molecule has 0 radical (unpaired) electrons. The first-order valence-corrected chi connectivity index (χ1v) is 12.6. The van der Waals surface area contributed by atoms with E-state index in [0.717, 1.165) is 24.0 Å². The van der Waals surface area contributed by atoms with Crippen molar-refractivity contribution in [1.29, 1.82) is 0 Å². The molecule has 0 spiro atoms. The highest BCUT2D eigenvalue weighted by Crippen LogP contribution is 2.15. The molecular weight excluding hydrogens is 372 g/mol. The molecule has 172 valence electrons. The molecule has 0 aromatic heterocycles. The first-order valence-electron chi connectivity index (χ1n) is 12.6. The molecule has 0 amide bonds. The summed E-state index contributed by atoms with van der Waals surface area (Å²) in [6.45, 7) is 6.68. The Labute approximate surface area is 185 Å². The Morgan fingerprint density at radius 1 is 0.700 bits per heavy atom. The van der Waals surface area contributed by atoms with Gasteiger partial charge < -0.3 is 0 Å². The van der Waals surface area contributed by atoms with Crippen LogP contribution >= 0.6 is 0 Å². The minimum Gasteiger partial charge on any atom is -0.293 e. The van der Waals surface area contributed by atoms with E-state index in [2.05, 4.69) is 6.92 Å². The van der Waals surface area contributed by atoms with E-state index in [0.29, 0.717) is 12.2 Å². The maximum atomic E-state index is 12.0. The highest BCUT2D eigenvalue weighted by molar-refractivity contribution is 5.90. The maximum absolute atomic E-state index is 12.0. The van der Waals surface area contributed by atoms with Crippen molar-refractivity contribution in [2.45, 2.75) is 124 Å². The molecule has 0 heterocycles. The molecule has 0 bridgehead atoms. The van der Waals surface area contributed by atoms with Gasteiger partial charge in [0.05, 0.1) is 12.2 Å². The van der Waals surface area contributed by atoms with Crippen LogP contribution in [0.4, 0.5) is 0 Å². The molecule has 1 rings (SSSR count). The summed E-state index contributed by atoms with van der Waals surface area (Å²) in [4.78, 5) is 22.1. The molecule has 1 aromatic carbocycles. The van der Waals surface area contributed by atoms with Crippen molar-refractivity contribution in [3.63, 3.8) is 0 Å². The summed E-state index contributed by atoms with van der Waals surface area (Å²) >= 11 is 0. The Balaban J connectivity index is 1.83. The van der Waals surface area contributed by atoms with Crippen LogP contribution in [0.3, 0.4) is 0 Å². The predicted octanol–water partition coefficient (Wildman–Crippen LogP) is 8.65. The summed E-state index contributed by atoms with van der Waals surface area (Å²) in [5.41, 5.74) is 2.62. The molecule has 0 saturated heterocycles. The summed E-state index contributed by atoms with van der Waals surface area (Å²) in [6, 6.07) is 5.64. The summed E-state index contributed by atoms with van der Waals surface area (Å²) in [6.07, 6.45) is 21.5. The molecule has 0 aliphatic carbocycles. The fourth-order valence-corrected chi connectivity index (χ4v) is 3.82. The van der Waals surface area contributed by atoms with Crippen molar-refractivity contribution < 1.29 is 14.6 Å². The summed E-state index contributed by atoms with van der Waals surface area (Å²) < 4.78 is 0. The first-order chi connectivity index (χ1) is 14.7. The smallest absolute Gasteiger partial charge is 0.293 e. The topological polar surface area (TPSA) is 35.5 Å². The van der Waals surface area contributed by atoms with Crippen molar-refractivity contribution in [2.75, 3.05) is 6.61 Å². The van der Waals surface area contributed by atoms with E-state index < -0.39 is 5.97 Å². The molecule has 0 aliphatic heterocycles. The van der Waals surface area contributed by atoms with E-state index in [1.165, 1.54) is 89.9 Å². The summed E-state index contributed by atoms with van der Waals surface area (Å²) in [5.74, 6) is -0.396. The average Bonchev–Trinajstić information content (AvgIpc) is 2.74. The van der Waals surface area contributed by atoms with Crippen LogP contribution in [0.1, 0.15) is 131 Å². The minimum absolute atomic E-state index is 0.396. The van der Waals surface area contributed by atoms with Gasteiger partial charge in [-0.05, 0) is 37.5 Å². The second kappa shape index (κ2) is 18.4. The largest absolute Gasteiger partial charge is 0.373 e. The van der Waals surface area contributed by atoms with E-state index in [1.807, 2.05) is 26.0 Å². The van der Waals surface area contributed by atoms with Crippen LogP contribution in [0.2, 0.25) is 0 Å². The van der Waals surface area contributed by atoms with Gasteiger partial charge in [0.1, 0.15) is 0 Å². The van der Waals surface area contributed by atoms with Gasteiger partial charge in [-0.1, -0.05) is 115 Å². The first kappa shape index (κ1) is 26.7. The van der Waals surface area contributed by atoms with Crippen molar-refractivity contribution in [2.24, 2.45) is 0 Å². The quantitative estimate of drug-likeness (QED) is 0.128. The van der Waals surface area contributed by atoms with Gasteiger partial charge in [-0.3, -0.25) is 4.89 Å². The van der Waals surface area contributed by atoms with E-state index in [1.54, 1.807) is 6.07 Å². The van der Waals surface area contributed by atoms with Crippen LogP contribution in [0, 0.1) is 13.8 Å². The number of rotatable bonds is 19. The van der Waals surface area contributed by atoms with E-state index >= 15 is 0 Å². The second-order valence-corrected chi connectivity index (χ2v) is 8.74. The Bertz CT molecular complexity index is 553. The summed E-state index contributed by atoms with van der Waals surface area (Å²) in [7, 11) is 0. The van der Waals surface area contributed by atoms with Crippen molar-refractivity contribution in [3.8, 4) is 0 Å². The zero-order valence-corrected chi connectivity index (χ0v) is 20.0. The molecule has 0 saturated carbocycles. The minimum atomic E-state index is -0.396. The Hall–Kier alpha value is -1.35. The Kier molecular flexibility index (Phi) is 16.4. The lowest BCUT2D eigenvalue weighted by atomic mass is 10.0. The molecule has 0 atom stereocenters. The SMILES string of the molecule is CCCCCCCCCCCCCCCCCCOOC(=O)c1cccc(C)c1C. The molecule has 0 unspecified atom stereocenters. The van der Waals surface area contributed by atoms with Crippen molar-refractivity contribution in [1.82, 2.24) is 0 Å². The lowest BCUT2D eigenvalue weighted by Crippen LogP contribution is -2.09. The van der Waals surface area contributed by atoms with Gasteiger partial charge in [-0.2, -0.15) is 4.89 Å². The average molecular weight is 419 g/mol. The third-order valence-corrected chi connectivity index (χ3v) is 6.04. The van der Waals surface area contributed by atoms with Gasteiger partial charge in [-0.15, -0.1) is 0 Å². The number of hydrogen-bond donors (Lipinski definition) is 0. The molecule has 30 heavy (non-hydrogen) atoms. The van der Waals surface area contributed by atoms with Crippen LogP contribution < -0.4 is 0 Å². The Morgan fingerprint density at radius 3 is 1.67 bits per heavy atom. The van der Waals surface area contributed by atoms with E-state index in [-0.39, 0.29) is 0 Å². The van der Waals surface area contributed by atoms with Crippen molar-refractivity contribution in [3.05, 3.63) is 34.9 Å². The lowest BCUT2D eigenvalue weighted by Gasteiger charge is -2.07. The fraction of sp³-hybridized carbons (Fsp3) is 0.741. The standard InChI is InChI=1S/C27H46O3/c1-4-5-6-7-8-9-10-11-12-13-14-15-16-17-18-19-23-29-30-27(28)26-22-20-21-24(2)25(26)3/h20-22H,4-19,23H2,1-3H3. The molecule has 1 aromatic rings. The number of hydrogen-bond acceptors (Lipinski definition) is 3. The van der Waals surface area contributed by atoms with Gasteiger partial charge >= 0.3 is 5.97 Å². The fourth-order valence-electron chi connectivity index (χ4n) is 3.82. The van der Waals surface area contributed by atoms with Gasteiger partial charge in [0, 0.05) is 0 Å². The molecule has 0 aliphatic rings. The van der Waals surface area contributed by atoms with Gasteiger partial charge in [0.15, 0.2) is 0 Å². The zero-order chi connectivity index (χ0) is 21.9. The molecule has 0 N–H and O–H groups in total. The molecule has 3 heteroatoms. The highest BCUT2D eigenvalue weighted by Gasteiger charge is 2.12. The van der Waals surface area contributed by atoms with Crippen LogP contribution in [0.5, 0.6) is 0 Å². The van der Waals surface area contributed by atoms with Crippen LogP contribution in [0.25, 0.3) is 0 Å². The maximum Gasteiger partial charge on any atom is 0.373 e. The van der Waals surface area contributed by atoms with Crippen LogP contribution in [-0.2, 0) is 9.78 Å². The van der Waals surface area contributed by atoms with Crippen LogP contribution in [0.15, 0.2) is 18.2 Å². The molecular formula is C27H46O3. The van der Waals surface area contributed by atoms with Gasteiger partial charge in [0.25, 0.3) is 0 Å². The number of benzene rings is 1. The third-order valence-electron chi connectivity index (χ3n) is 6.04. The van der Waals surface area contributed by atoms with E-state index in [4.69, 9.17) is 9.78 Å². The van der Waals surface area contributed by atoms with Gasteiger partial charge in [-0.25, -0.2) is 4.79 Å². The number of carbonyl (C=O) groups is 1. The van der Waals surface area contributed by atoms with Gasteiger partial charge in [0.2, 0.25) is 0 Å². The second-order valence-electron chi connectivity index (χ2n) is 8.74. The Morgan fingerprint density at radius 2 is 1.17 bits per heavy atom.